The number of aromatic nitrogens is 1. The van der Waals surface area contributed by atoms with Gasteiger partial charge in [-0.25, -0.2) is 0 Å². The average molecular weight is 387 g/mol. The first-order valence-electron chi connectivity index (χ1n) is 10.1. The van der Waals surface area contributed by atoms with Crippen LogP contribution in [-0.4, -0.2) is 45.9 Å². The Bertz CT molecular complexity index is 701. The van der Waals surface area contributed by atoms with E-state index in [2.05, 4.69) is 17.2 Å². The Morgan fingerprint density at radius 2 is 1.71 bits per heavy atom. The number of likely N-dealkylation sites (tertiary alicyclic amines) is 1. The van der Waals surface area contributed by atoms with Crippen molar-refractivity contribution >= 4 is 17.8 Å². The maximum absolute atomic E-state index is 13.0. The van der Waals surface area contributed by atoms with Crippen molar-refractivity contribution in [3.05, 3.63) is 30.1 Å². The molecule has 0 unspecified atom stereocenters. The van der Waals surface area contributed by atoms with Crippen LogP contribution in [0.15, 0.2) is 24.5 Å². The summed E-state index contributed by atoms with van der Waals surface area (Å²) in [5, 5.41) is 12.4. The van der Waals surface area contributed by atoms with E-state index in [4.69, 9.17) is 0 Å². The van der Waals surface area contributed by atoms with Crippen LogP contribution in [0.5, 0.6) is 0 Å². The summed E-state index contributed by atoms with van der Waals surface area (Å²) in [6, 6.07) is 3.64. The standard InChI is InChI=1S/C21H29N3O4/c1-14-2-4-16(5-3-14)20(26)24-12-17(10-18(13-24)21(27)28)19(25)23-11-15-6-8-22-9-7-15/h6-9,14,16-18H,2-5,10-13H2,1H3,(H,23,25)(H,27,28)/t14?,16?,17-,18-/m1/s1. The van der Waals surface area contributed by atoms with Gasteiger partial charge in [-0.2, -0.15) is 0 Å². The summed E-state index contributed by atoms with van der Waals surface area (Å²) in [5.41, 5.74) is 0.929. The third-order valence-corrected chi connectivity index (χ3v) is 6.06. The normalized spacial score (nSPS) is 27.8. The summed E-state index contributed by atoms with van der Waals surface area (Å²) in [6.45, 7) is 3.07. The number of hydrogen-bond donors (Lipinski definition) is 2. The molecular weight excluding hydrogens is 358 g/mol. The van der Waals surface area contributed by atoms with Crippen molar-refractivity contribution in [2.24, 2.45) is 23.7 Å². The molecule has 2 amide bonds. The van der Waals surface area contributed by atoms with E-state index in [9.17, 15) is 19.5 Å². The minimum Gasteiger partial charge on any atom is -0.481 e. The zero-order chi connectivity index (χ0) is 20.1. The number of carbonyl (C=O) groups excluding carboxylic acids is 2. The number of aliphatic carboxylic acids is 1. The molecule has 7 nitrogen and oxygen atoms in total. The fourth-order valence-corrected chi connectivity index (χ4v) is 4.25. The maximum atomic E-state index is 13.0. The Morgan fingerprint density at radius 1 is 1.07 bits per heavy atom. The van der Waals surface area contributed by atoms with Gasteiger partial charge in [-0.05, 0) is 55.7 Å². The number of carboxylic acid groups (broad SMARTS) is 1. The van der Waals surface area contributed by atoms with E-state index in [0.717, 1.165) is 31.2 Å². The summed E-state index contributed by atoms with van der Waals surface area (Å²) in [5.74, 6) is -1.71. The van der Waals surface area contributed by atoms with Crippen LogP contribution >= 0.6 is 0 Å². The van der Waals surface area contributed by atoms with E-state index in [1.54, 1.807) is 17.3 Å². The second-order valence-corrected chi connectivity index (χ2v) is 8.24. The van der Waals surface area contributed by atoms with E-state index in [-0.39, 0.29) is 30.7 Å². The monoisotopic (exact) mass is 387 g/mol. The van der Waals surface area contributed by atoms with E-state index >= 15 is 0 Å². The van der Waals surface area contributed by atoms with Crippen LogP contribution < -0.4 is 5.32 Å². The highest BCUT2D eigenvalue weighted by Crippen LogP contribution is 2.32. The van der Waals surface area contributed by atoms with Crippen LogP contribution in [0.2, 0.25) is 0 Å². The Hall–Kier alpha value is -2.44. The van der Waals surface area contributed by atoms with E-state index in [1.165, 1.54) is 0 Å². The van der Waals surface area contributed by atoms with Crippen LogP contribution in [-0.2, 0) is 20.9 Å². The third-order valence-electron chi connectivity index (χ3n) is 6.06. The second kappa shape index (κ2) is 9.17. The molecule has 1 aromatic rings. The van der Waals surface area contributed by atoms with Crippen LogP contribution in [0.25, 0.3) is 0 Å². The van der Waals surface area contributed by atoms with Gasteiger partial charge in [0.2, 0.25) is 11.8 Å². The lowest BCUT2D eigenvalue weighted by molar-refractivity contribution is -0.150. The molecule has 1 aromatic heterocycles. The molecule has 152 valence electrons. The van der Waals surface area contributed by atoms with Crippen molar-refractivity contribution in [2.45, 2.75) is 45.6 Å². The zero-order valence-corrected chi connectivity index (χ0v) is 16.3. The molecule has 2 N–H and O–H groups in total. The molecule has 2 atom stereocenters. The molecule has 7 heteroatoms. The molecule has 3 rings (SSSR count). The largest absolute Gasteiger partial charge is 0.481 e. The molecule has 2 aliphatic rings. The first-order valence-corrected chi connectivity index (χ1v) is 10.1. The number of nitrogens with one attached hydrogen (secondary N) is 1. The van der Waals surface area contributed by atoms with E-state index in [0.29, 0.717) is 19.0 Å². The molecule has 0 aromatic carbocycles. The highest BCUT2D eigenvalue weighted by molar-refractivity contribution is 5.84. The van der Waals surface area contributed by atoms with Gasteiger partial charge in [0.05, 0.1) is 11.8 Å². The van der Waals surface area contributed by atoms with Gasteiger partial charge >= 0.3 is 5.97 Å². The Kier molecular flexibility index (Phi) is 6.65. The van der Waals surface area contributed by atoms with E-state index in [1.807, 2.05) is 12.1 Å². The number of carboxylic acids is 1. The van der Waals surface area contributed by atoms with Gasteiger partial charge in [0.15, 0.2) is 0 Å². The fourth-order valence-electron chi connectivity index (χ4n) is 4.25. The molecular formula is C21H29N3O4. The van der Waals surface area contributed by atoms with Gasteiger partial charge in [0.25, 0.3) is 0 Å². The number of piperidine rings is 1. The van der Waals surface area contributed by atoms with Gasteiger partial charge in [0.1, 0.15) is 0 Å². The number of pyridine rings is 1. The number of amides is 2. The zero-order valence-electron chi connectivity index (χ0n) is 16.3. The molecule has 0 spiro atoms. The number of nitrogens with zero attached hydrogens (tertiary/aromatic N) is 2. The van der Waals surface area contributed by atoms with Crippen molar-refractivity contribution in [3.63, 3.8) is 0 Å². The summed E-state index contributed by atoms with van der Waals surface area (Å²) >= 11 is 0. The molecule has 0 bridgehead atoms. The minimum atomic E-state index is -0.943. The average Bonchev–Trinajstić information content (AvgIpc) is 2.72. The van der Waals surface area contributed by atoms with Crippen molar-refractivity contribution in [1.82, 2.24) is 15.2 Å². The van der Waals surface area contributed by atoms with Crippen molar-refractivity contribution in [3.8, 4) is 0 Å². The predicted octanol–water partition coefficient (Wildman–Crippen LogP) is 2.07. The van der Waals surface area contributed by atoms with Gasteiger partial charge in [-0.3, -0.25) is 19.4 Å². The van der Waals surface area contributed by atoms with Crippen LogP contribution in [0.4, 0.5) is 0 Å². The highest BCUT2D eigenvalue weighted by atomic mass is 16.4. The molecule has 1 saturated heterocycles. The van der Waals surface area contributed by atoms with Gasteiger partial charge in [-0.15, -0.1) is 0 Å². The third kappa shape index (κ3) is 5.09. The lowest BCUT2D eigenvalue weighted by atomic mass is 9.81. The second-order valence-electron chi connectivity index (χ2n) is 8.24. The maximum Gasteiger partial charge on any atom is 0.308 e. The Morgan fingerprint density at radius 3 is 2.36 bits per heavy atom. The SMILES string of the molecule is CC1CCC(C(=O)N2C[C@H](C(=O)O)C[C@@H](C(=O)NCc3ccncc3)C2)CC1. The number of carbonyl (C=O) groups is 3. The topological polar surface area (TPSA) is 99.6 Å². The quantitative estimate of drug-likeness (QED) is 0.806. The van der Waals surface area contributed by atoms with E-state index < -0.39 is 17.8 Å². The van der Waals surface area contributed by atoms with Crippen molar-refractivity contribution in [2.75, 3.05) is 13.1 Å². The smallest absolute Gasteiger partial charge is 0.308 e. The molecule has 1 saturated carbocycles. The molecule has 2 fully saturated rings. The number of rotatable bonds is 5. The Labute approximate surface area is 165 Å². The van der Waals surface area contributed by atoms with Gasteiger partial charge in [0, 0.05) is 37.9 Å². The molecule has 0 radical (unpaired) electrons. The minimum absolute atomic E-state index is 0.0183. The Balaban J connectivity index is 1.63. The summed E-state index contributed by atoms with van der Waals surface area (Å²) in [7, 11) is 0. The summed E-state index contributed by atoms with van der Waals surface area (Å²) < 4.78 is 0. The summed E-state index contributed by atoms with van der Waals surface area (Å²) in [6.07, 6.45) is 7.36. The van der Waals surface area contributed by atoms with Gasteiger partial charge in [-0.1, -0.05) is 6.92 Å². The summed E-state index contributed by atoms with van der Waals surface area (Å²) in [4.78, 5) is 42.8. The first kappa shape index (κ1) is 20.3. The predicted molar refractivity (Wildman–Crippen MR) is 103 cm³/mol. The lowest BCUT2D eigenvalue weighted by Gasteiger charge is -2.38. The number of hydrogen-bond acceptors (Lipinski definition) is 4. The van der Waals surface area contributed by atoms with Crippen molar-refractivity contribution < 1.29 is 19.5 Å². The van der Waals surface area contributed by atoms with Crippen LogP contribution in [0.3, 0.4) is 0 Å². The van der Waals surface area contributed by atoms with Crippen molar-refractivity contribution in [1.29, 1.82) is 0 Å². The van der Waals surface area contributed by atoms with Crippen LogP contribution in [0, 0.1) is 23.7 Å². The molecule has 1 aliphatic carbocycles. The lowest BCUT2D eigenvalue weighted by Crippen LogP contribution is -2.51. The molecule has 1 aliphatic heterocycles. The van der Waals surface area contributed by atoms with Crippen LogP contribution in [0.1, 0.15) is 44.6 Å². The first-order chi connectivity index (χ1) is 13.4. The fraction of sp³-hybridized carbons (Fsp3) is 0.619. The van der Waals surface area contributed by atoms with Gasteiger partial charge < -0.3 is 15.3 Å². The molecule has 2 heterocycles. The highest BCUT2D eigenvalue weighted by Gasteiger charge is 2.39. The molecule has 28 heavy (non-hydrogen) atoms.